The van der Waals surface area contributed by atoms with Crippen LogP contribution in [0.5, 0.6) is 5.75 Å². The van der Waals surface area contributed by atoms with Gasteiger partial charge in [-0.05, 0) is 55.9 Å². The molecule has 1 amide bonds. The van der Waals surface area contributed by atoms with Gasteiger partial charge in [0.2, 0.25) is 5.91 Å². The van der Waals surface area contributed by atoms with Crippen LogP contribution >= 0.6 is 0 Å². The summed E-state index contributed by atoms with van der Waals surface area (Å²) in [5, 5.41) is 12.6. The Morgan fingerprint density at radius 2 is 1.71 bits per heavy atom. The van der Waals surface area contributed by atoms with E-state index in [1.54, 1.807) is 12.1 Å². The van der Waals surface area contributed by atoms with Crippen LogP contribution in [0.2, 0.25) is 0 Å². The van der Waals surface area contributed by atoms with Crippen molar-refractivity contribution in [2.24, 2.45) is 5.92 Å². The van der Waals surface area contributed by atoms with Gasteiger partial charge in [-0.2, -0.15) is 0 Å². The minimum atomic E-state index is 0.174. The third kappa shape index (κ3) is 4.63. The van der Waals surface area contributed by atoms with Crippen LogP contribution in [-0.4, -0.2) is 54.7 Å². The number of phenolic OH excluding ortho intramolecular Hbond substituents is 1. The van der Waals surface area contributed by atoms with E-state index >= 15 is 0 Å². The first kappa shape index (κ1) is 17.1. The van der Waals surface area contributed by atoms with Crippen molar-refractivity contribution in [3.8, 4) is 5.75 Å². The van der Waals surface area contributed by atoms with Crippen molar-refractivity contribution in [2.45, 2.75) is 38.6 Å². The van der Waals surface area contributed by atoms with E-state index in [-0.39, 0.29) is 5.91 Å². The average Bonchev–Trinajstić information content (AvgIpc) is 2.58. The first-order chi connectivity index (χ1) is 11.6. The van der Waals surface area contributed by atoms with E-state index in [0.717, 1.165) is 50.6 Å². The second-order valence-electron chi connectivity index (χ2n) is 7.30. The molecule has 2 fully saturated rings. The number of carbonyl (C=O) groups is 1. The van der Waals surface area contributed by atoms with Crippen LogP contribution in [0, 0.1) is 5.92 Å². The Kier molecular flexibility index (Phi) is 5.61. The normalized spacial score (nSPS) is 25.5. The largest absolute Gasteiger partial charge is 0.508 e. The lowest BCUT2D eigenvalue weighted by molar-refractivity contribution is -0.123. The molecule has 1 saturated carbocycles. The highest BCUT2D eigenvalue weighted by Crippen LogP contribution is 2.23. The predicted molar refractivity (Wildman–Crippen MR) is 96.3 cm³/mol. The monoisotopic (exact) mass is 331 g/mol. The molecule has 1 aromatic rings. The lowest BCUT2D eigenvalue weighted by atomic mass is 9.87. The van der Waals surface area contributed by atoms with Gasteiger partial charge in [0.25, 0.3) is 0 Å². The van der Waals surface area contributed by atoms with Crippen molar-refractivity contribution in [3.05, 3.63) is 24.3 Å². The van der Waals surface area contributed by atoms with Crippen molar-refractivity contribution in [1.29, 1.82) is 0 Å². The maximum atomic E-state index is 12.3. The van der Waals surface area contributed by atoms with Crippen molar-refractivity contribution >= 4 is 11.6 Å². The number of amides is 1. The zero-order chi connectivity index (χ0) is 16.9. The third-order valence-electron chi connectivity index (χ3n) is 5.34. The fourth-order valence-corrected chi connectivity index (χ4v) is 3.71. The number of nitrogens with zero attached hydrogens (tertiary/aromatic N) is 2. The first-order valence-corrected chi connectivity index (χ1v) is 9.16. The molecule has 2 aliphatic rings. The third-order valence-corrected chi connectivity index (χ3v) is 5.34. The molecule has 0 radical (unpaired) electrons. The van der Waals surface area contributed by atoms with Gasteiger partial charge in [-0.3, -0.25) is 9.69 Å². The Bertz CT molecular complexity index is 530. The summed E-state index contributed by atoms with van der Waals surface area (Å²) in [7, 11) is 0. The Balaban J connectivity index is 1.40. The molecule has 0 bridgehead atoms. The van der Waals surface area contributed by atoms with Crippen LogP contribution in [0.4, 0.5) is 5.69 Å². The molecule has 0 aromatic heterocycles. The van der Waals surface area contributed by atoms with E-state index < -0.39 is 0 Å². The summed E-state index contributed by atoms with van der Waals surface area (Å²) < 4.78 is 0. The molecule has 132 valence electrons. The number of phenols is 1. The number of rotatable bonds is 4. The van der Waals surface area contributed by atoms with Crippen LogP contribution in [0.1, 0.15) is 32.6 Å². The molecule has 3 rings (SSSR count). The van der Waals surface area contributed by atoms with Crippen molar-refractivity contribution in [3.63, 3.8) is 0 Å². The van der Waals surface area contributed by atoms with E-state index in [2.05, 4.69) is 22.0 Å². The lowest BCUT2D eigenvalue weighted by Gasteiger charge is -2.36. The topological polar surface area (TPSA) is 55.8 Å². The zero-order valence-corrected chi connectivity index (χ0v) is 14.6. The molecule has 0 unspecified atom stereocenters. The fourth-order valence-electron chi connectivity index (χ4n) is 3.71. The second kappa shape index (κ2) is 7.88. The van der Waals surface area contributed by atoms with Gasteiger partial charge in [0.15, 0.2) is 0 Å². The van der Waals surface area contributed by atoms with Crippen LogP contribution < -0.4 is 10.2 Å². The molecule has 2 N–H and O–H groups in total. The van der Waals surface area contributed by atoms with E-state index in [1.807, 2.05) is 12.1 Å². The smallest absolute Gasteiger partial charge is 0.234 e. The van der Waals surface area contributed by atoms with E-state index in [0.29, 0.717) is 18.3 Å². The van der Waals surface area contributed by atoms with E-state index in [9.17, 15) is 9.90 Å². The van der Waals surface area contributed by atoms with Gasteiger partial charge < -0.3 is 15.3 Å². The van der Waals surface area contributed by atoms with Crippen LogP contribution in [-0.2, 0) is 4.79 Å². The zero-order valence-electron chi connectivity index (χ0n) is 14.6. The van der Waals surface area contributed by atoms with Gasteiger partial charge in [-0.15, -0.1) is 0 Å². The summed E-state index contributed by atoms with van der Waals surface area (Å²) >= 11 is 0. The summed E-state index contributed by atoms with van der Waals surface area (Å²) in [4.78, 5) is 16.8. The molecule has 1 aliphatic heterocycles. The molecular formula is C19H29N3O2. The number of anilines is 1. The maximum Gasteiger partial charge on any atom is 0.234 e. The second-order valence-corrected chi connectivity index (χ2v) is 7.30. The molecule has 1 aliphatic carbocycles. The van der Waals surface area contributed by atoms with Gasteiger partial charge in [0, 0.05) is 37.9 Å². The van der Waals surface area contributed by atoms with Gasteiger partial charge in [-0.25, -0.2) is 0 Å². The Morgan fingerprint density at radius 1 is 1.08 bits per heavy atom. The Hall–Kier alpha value is -1.75. The fraction of sp³-hybridized carbons (Fsp3) is 0.632. The Labute approximate surface area is 144 Å². The van der Waals surface area contributed by atoms with E-state index in [1.165, 1.54) is 12.8 Å². The SMILES string of the molecule is CC1CCC(NC(=O)CN2CCN(c3ccc(O)cc3)CC2)CC1. The quantitative estimate of drug-likeness (QED) is 0.888. The number of carbonyl (C=O) groups excluding carboxylic acids is 1. The molecular weight excluding hydrogens is 302 g/mol. The molecule has 1 heterocycles. The number of benzene rings is 1. The standard InChI is InChI=1S/C19H29N3O2/c1-15-2-4-16(5-3-15)20-19(24)14-21-10-12-22(13-11-21)17-6-8-18(23)9-7-17/h6-9,15-16,23H,2-5,10-14H2,1H3,(H,20,24). The molecule has 5 nitrogen and oxygen atoms in total. The predicted octanol–water partition coefficient (Wildman–Crippen LogP) is 2.21. The summed E-state index contributed by atoms with van der Waals surface area (Å²) in [6.07, 6.45) is 4.72. The van der Waals surface area contributed by atoms with Crippen molar-refractivity contribution in [1.82, 2.24) is 10.2 Å². The Morgan fingerprint density at radius 3 is 2.33 bits per heavy atom. The van der Waals surface area contributed by atoms with E-state index in [4.69, 9.17) is 0 Å². The van der Waals surface area contributed by atoms with Gasteiger partial charge in [0.1, 0.15) is 5.75 Å². The molecule has 1 aromatic carbocycles. The molecule has 5 heteroatoms. The number of piperazine rings is 1. The number of hydrogen-bond acceptors (Lipinski definition) is 4. The number of aromatic hydroxyl groups is 1. The van der Waals surface area contributed by atoms with Gasteiger partial charge >= 0.3 is 0 Å². The number of nitrogens with one attached hydrogen (secondary N) is 1. The minimum Gasteiger partial charge on any atom is -0.508 e. The lowest BCUT2D eigenvalue weighted by Crippen LogP contribution is -2.50. The summed E-state index contributed by atoms with van der Waals surface area (Å²) in [5.74, 6) is 1.28. The summed E-state index contributed by atoms with van der Waals surface area (Å²) in [5.41, 5.74) is 1.13. The van der Waals surface area contributed by atoms with Gasteiger partial charge in [-0.1, -0.05) is 6.92 Å². The highest BCUT2D eigenvalue weighted by molar-refractivity contribution is 5.78. The van der Waals surface area contributed by atoms with Crippen molar-refractivity contribution < 1.29 is 9.90 Å². The molecule has 0 spiro atoms. The van der Waals surface area contributed by atoms with Crippen molar-refractivity contribution in [2.75, 3.05) is 37.6 Å². The maximum absolute atomic E-state index is 12.3. The highest BCUT2D eigenvalue weighted by Gasteiger charge is 2.22. The number of hydrogen-bond donors (Lipinski definition) is 2. The van der Waals surface area contributed by atoms with Crippen LogP contribution in [0.25, 0.3) is 0 Å². The summed E-state index contributed by atoms with van der Waals surface area (Å²) in [6.45, 7) is 6.44. The minimum absolute atomic E-state index is 0.174. The molecule has 24 heavy (non-hydrogen) atoms. The van der Waals surface area contributed by atoms with Crippen LogP contribution in [0.15, 0.2) is 24.3 Å². The molecule has 1 saturated heterocycles. The van der Waals surface area contributed by atoms with Crippen LogP contribution in [0.3, 0.4) is 0 Å². The average molecular weight is 331 g/mol. The highest BCUT2D eigenvalue weighted by atomic mass is 16.3. The first-order valence-electron chi connectivity index (χ1n) is 9.16. The van der Waals surface area contributed by atoms with Gasteiger partial charge in [0.05, 0.1) is 6.54 Å². The summed E-state index contributed by atoms with van der Waals surface area (Å²) in [6, 6.07) is 7.72. The molecule has 0 atom stereocenters.